The fourth-order valence-electron chi connectivity index (χ4n) is 1.42. The SMILES string of the molecule is CC(C)(C)SCC(=O)Nc1nc(-c2cccnc2)cs1. The molecule has 0 aliphatic carbocycles. The smallest absolute Gasteiger partial charge is 0.236 e. The molecule has 0 saturated heterocycles. The van der Waals surface area contributed by atoms with E-state index in [9.17, 15) is 4.79 Å². The number of thiazole rings is 1. The maximum atomic E-state index is 11.8. The Kier molecular flexibility index (Phi) is 4.77. The Hall–Kier alpha value is -1.40. The molecule has 1 N–H and O–H groups in total. The second-order valence-corrected chi connectivity index (χ2v) is 7.89. The van der Waals surface area contributed by atoms with Crippen molar-refractivity contribution in [3.63, 3.8) is 0 Å². The molecule has 106 valence electrons. The summed E-state index contributed by atoms with van der Waals surface area (Å²) in [4.78, 5) is 20.3. The minimum Gasteiger partial charge on any atom is -0.301 e. The maximum absolute atomic E-state index is 11.8. The van der Waals surface area contributed by atoms with Gasteiger partial charge >= 0.3 is 0 Å². The number of nitrogens with one attached hydrogen (secondary N) is 1. The van der Waals surface area contributed by atoms with E-state index in [0.717, 1.165) is 11.3 Å². The average Bonchev–Trinajstić information content (AvgIpc) is 2.85. The van der Waals surface area contributed by atoms with Crippen molar-refractivity contribution < 1.29 is 4.79 Å². The molecule has 0 unspecified atom stereocenters. The first-order valence-corrected chi connectivity index (χ1v) is 8.10. The van der Waals surface area contributed by atoms with Crippen molar-refractivity contribution in [3.05, 3.63) is 29.9 Å². The number of hydrogen-bond donors (Lipinski definition) is 1. The molecular weight excluding hydrogens is 290 g/mol. The van der Waals surface area contributed by atoms with Gasteiger partial charge in [0.05, 0.1) is 11.4 Å². The van der Waals surface area contributed by atoms with E-state index in [4.69, 9.17) is 0 Å². The van der Waals surface area contributed by atoms with Crippen LogP contribution in [-0.4, -0.2) is 26.4 Å². The third-order valence-corrected chi connectivity index (χ3v) is 4.37. The van der Waals surface area contributed by atoms with E-state index >= 15 is 0 Å². The first kappa shape index (κ1) is 15.0. The number of thioether (sulfide) groups is 1. The van der Waals surface area contributed by atoms with E-state index in [2.05, 4.69) is 36.1 Å². The highest BCUT2D eigenvalue weighted by atomic mass is 32.2. The van der Waals surface area contributed by atoms with Crippen LogP contribution in [-0.2, 0) is 4.79 Å². The van der Waals surface area contributed by atoms with Crippen LogP contribution in [0.15, 0.2) is 29.9 Å². The summed E-state index contributed by atoms with van der Waals surface area (Å²) in [5.74, 6) is 0.419. The van der Waals surface area contributed by atoms with Crippen LogP contribution in [0, 0.1) is 0 Å². The lowest BCUT2D eigenvalue weighted by atomic mass is 10.2. The van der Waals surface area contributed by atoms with Crippen molar-refractivity contribution in [1.29, 1.82) is 0 Å². The van der Waals surface area contributed by atoms with E-state index in [0.29, 0.717) is 10.9 Å². The first-order chi connectivity index (χ1) is 9.44. The van der Waals surface area contributed by atoms with Crippen LogP contribution in [0.2, 0.25) is 0 Å². The van der Waals surface area contributed by atoms with Crippen molar-refractivity contribution in [1.82, 2.24) is 9.97 Å². The highest BCUT2D eigenvalue weighted by Gasteiger charge is 2.14. The quantitative estimate of drug-likeness (QED) is 0.936. The Labute approximate surface area is 127 Å². The Balaban J connectivity index is 1.95. The monoisotopic (exact) mass is 307 g/mol. The molecule has 2 aromatic rings. The van der Waals surface area contributed by atoms with Gasteiger partial charge in [0.25, 0.3) is 0 Å². The predicted molar refractivity (Wildman–Crippen MR) is 86.2 cm³/mol. The number of nitrogens with zero attached hydrogens (tertiary/aromatic N) is 2. The molecule has 1 amide bonds. The molecule has 6 heteroatoms. The minimum absolute atomic E-state index is 0.0167. The van der Waals surface area contributed by atoms with Gasteiger partial charge in [-0.3, -0.25) is 9.78 Å². The number of rotatable bonds is 4. The number of carbonyl (C=O) groups is 1. The van der Waals surface area contributed by atoms with Crippen molar-refractivity contribution in [2.45, 2.75) is 25.5 Å². The van der Waals surface area contributed by atoms with Crippen molar-refractivity contribution in [3.8, 4) is 11.3 Å². The van der Waals surface area contributed by atoms with Crippen LogP contribution in [0.4, 0.5) is 5.13 Å². The first-order valence-electron chi connectivity index (χ1n) is 6.24. The molecule has 0 saturated carbocycles. The number of anilines is 1. The lowest BCUT2D eigenvalue weighted by Gasteiger charge is -2.16. The summed E-state index contributed by atoms with van der Waals surface area (Å²) >= 11 is 3.04. The topological polar surface area (TPSA) is 54.9 Å². The Morgan fingerprint density at radius 2 is 2.25 bits per heavy atom. The van der Waals surface area contributed by atoms with Gasteiger partial charge < -0.3 is 5.32 Å². The Morgan fingerprint density at radius 1 is 1.45 bits per heavy atom. The molecule has 0 aliphatic heterocycles. The predicted octanol–water partition coefficient (Wildman–Crippen LogP) is 3.68. The molecule has 0 radical (unpaired) electrons. The van der Waals surface area contributed by atoms with Gasteiger partial charge in [-0.05, 0) is 12.1 Å². The minimum atomic E-state index is -0.0167. The van der Waals surface area contributed by atoms with Crippen molar-refractivity contribution >= 4 is 34.1 Å². The Morgan fingerprint density at radius 3 is 2.90 bits per heavy atom. The van der Waals surface area contributed by atoms with Gasteiger partial charge in [-0.2, -0.15) is 0 Å². The average molecular weight is 307 g/mol. The molecule has 2 heterocycles. The van der Waals surface area contributed by atoms with Crippen LogP contribution < -0.4 is 5.32 Å². The van der Waals surface area contributed by atoms with Crippen molar-refractivity contribution in [2.75, 3.05) is 11.1 Å². The number of pyridine rings is 1. The molecule has 2 aromatic heterocycles. The van der Waals surface area contributed by atoms with Gasteiger partial charge in [0.2, 0.25) is 5.91 Å². The summed E-state index contributed by atoms with van der Waals surface area (Å²) in [5.41, 5.74) is 1.79. The van der Waals surface area contributed by atoms with E-state index in [1.54, 1.807) is 24.2 Å². The van der Waals surface area contributed by atoms with Crippen molar-refractivity contribution in [2.24, 2.45) is 0 Å². The summed E-state index contributed by atoms with van der Waals surface area (Å²) in [7, 11) is 0. The summed E-state index contributed by atoms with van der Waals surface area (Å²) in [5, 5.41) is 5.38. The second-order valence-electron chi connectivity index (χ2n) is 5.23. The van der Waals surface area contributed by atoms with Crippen LogP contribution in [0.1, 0.15) is 20.8 Å². The number of carbonyl (C=O) groups excluding carboxylic acids is 1. The van der Waals surface area contributed by atoms with Gasteiger partial charge in [-0.25, -0.2) is 4.98 Å². The van der Waals surface area contributed by atoms with E-state index in [1.165, 1.54) is 11.3 Å². The molecule has 0 fully saturated rings. The third-order valence-electron chi connectivity index (χ3n) is 2.34. The molecule has 0 atom stereocenters. The fraction of sp³-hybridized carbons (Fsp3) is 0.357. The highest BCUT2D eigenvalue weighted by molar-refractivity contribution is 8.01. The molecule has 0 spiro atoms. The largest absolute Gasteiger partial charge is 0.301 e. The number of hydrogen-bond acceptors (Lipinski definition) is 5. The second kappa shape index (κ2) is 6.37. The van der Waals surface area contributed by atoms with Gasteiger partial charge in [0.15, 0.2) is 5.13 Å². The van der Waals surface area contributed by atoms with E-state index in [1.807, 2.05) is 17.5 Å². The summed E-state index contributed by atoms with van der Waals surface area (Å²) in [6, 6.07) is 3.82. The Bertz CT molecular complexity index is 576. The summed E-state index contributed by atoms with van der Waals surface area (Å²) in [6.07, 6.45) is 3.48. The van der Waals surface area contributed by atoms with Crippen LogP contribution >= 0.6 is 23.1 Å². The third kappa shape index (κ3) is 4.61. The lowest BCUT2D eigenvalue weighted by molar-refractivity contribution is -0.113. The van der Waals surface area contributed by atoms with E-state index < -0.39 is 0 Å². The molecule has 0 bridgehead atoms. The zero-order valence-corrected chi connectivity index (χ0v) is 13.3. The molecule has 20 heavy (non-hydrogen) atoms. The molecule has 0 aromatic carbocycles. The summed E-state index contributed by atoms with van der Waals surface area (Å²) in [6.45, 7) is 6.28. The molecular formula is C14H17N3OS2. The van der Waals surface area contributed by atoms with Crippen LogP contribution in [0.25, 0.3) is 11.3 Å². The number of aromatic nitrogens is 2. The van der Waals surface area contributed by atoms with Crippen LogP contribution in [0.3, 0.4) is 0 Å². The van der Waals surface area contributed by atoms with Gasteiger partial charge in [0.1, 0.15) is 0 Å². The summed E-state index contributed by atoms with van der Waals surface area (Å²) < 4.78 is 0.0844. The standard InChI is InChI=1S/C14H17N3OS2/c1-14(2,3)20-9-12(18)17-13-16-11(8-19-13)10-5-4-6-15-7-10/h4-8H,9H2,1-3H3,(H,16,17,18). The fourth-order valence-corrected chi connectivity index (χ4v) is 2.79. The molecule has 2 rings (SSSR count). The zero-order valence-electron chi connectivity index (χ0n) is 11.7. The van der Waals surface area contributed by atoms with Gasteiger partial charge in [0, 0.05) is 28.1 Å². The molecule has 0 aliphatic rings. The molecule has 4 nitrogen and oxygen atoms in total. The highest BCUT2D eigenvalue weighted by Crippen LogP contribution is 2.25. The zero-order chi connectivity index (χ0) is 14.6. The van der Waals surface area contributed by atoms with Crippen LogP contribution in [0.5, 0.6) is 0 Å². The maximum Gasteiger partial charge on any atom is 0.236 e. The van der Waals surface area contributed by atoms with E-state index in [-0.39, 0.29) is 10.7 Å². The lowest BCUT2D eigenvalue weighted by Crippen LogP contribution is -2.18. The van der Waals surface area contributed by atoms with Gasteiger partial charge in [-0.1, -0.05) is 20.8 Å². The number of amides is 1. The van der Waals surface area contributed by atoms with Gasteiger partial charge in [-0.15, -0.1) is 23.1 Å². The normalized spacial score (nSPS) is 11.3.